The quantitative estimate of drug-likeness (QED) is 0.416. The van der Waals surface area contributed by atoms with Crippen molar-refractivity contribution in [3.05, 3.63) is 0 Å². The highest BCUT2D eigenvalue weighted by molar-refractivity contribution is 6.34. The molecule has 0 aromatic carbocycles. The summed E-state index contributed by atoms with van der Waals surface area (Å²) in [5.41, 5.74) is 0. The molecule has 58 valence electrons. The van der Waals surface area contributed by atoms with Crippen LogP contribution in [0.4, 0.5) is 0 Å². The molecule has 0 heterocycles. The van der Waals surface area contributed by atoms with Gasteiger partial charge in [-0.2, -0.15) is 0 Å². The van der Waals surface area contributed by atoms with Crippen LogP contribution in [0, 0.1) is 0 Å². The maximum absolute atomic E-state index is 10.8. The van der Waals surface area contributed by atoms with Crippen LogP contribution < -0.4 is 0 Å². The third kappa shape index (κ3) is 2.05. The first-order valence-electron chi connectivity index (χ1n) is 2.89. The fourth-order valence-corrected chi connectivity index (χ4v) is 0.383. The average Bonchev–Trinajstić information content (AvgIpc) is 1.84. The standard InChI is InChI=1S/C6H12N2O2/c1-7(2)5(9)6(10)8(3)4/h1-4H3. The van der Waals surface area contributed by atoms with Crippen molar-refractivity contribution in [2.45, 2.75) is 0 Å². The second-order valence-electron chi connectivity index (χ2n) is 2.40. The lowest BCUT2D eigenvalue weighted by Crippen LogP contribution is -2.38. The lowest BCUT2D eigenvalue weighted by atomic mass is 10.5. The second-order valence-corrected chi connectivity index (χ2v) is 2.40. The number of hydrogen-bond acceptors (Lipinski definition) is 2. The Hall–Kier alpha value is -1.06. The lowest BCUT2D eigenvalue weighted by Gasteiger charge is -2.13. The van der Waals surface area contributed by atoms with E-state index in [2.05, 4.69) is 0 Å². The van der Waals surface area contributed by atoms with Gasteiger partial charge in [-0.25, -0.2) is 0 Å². The first-order valence-corrected chi connectivity index (χ1v) is 2.89. The molecule has 0 aliphatic carbocycles. The number of rotatable bonds is 0. The van der Waals surface area contributed by atoms with Crippen molar-refractivity contribution in [2.24, 2.45) is 0 Å². The molecule has 0 spiro atoms. The van der Waals surface area contributed by atoms with Gasteiger partial charge in [-0.3, -0.25) is 9.59 Å². The fraction of sp³-hybridized carbons (Fsp3) is 0.667. The van der Waals surface area contributed by atoms with Gasteiger partial charge in [0, 0.05) is 28.2 Å². The van der Waals surface area contributed by atoms with Gasteiger partial charge in [0.15, 0.2) is 0 Å². The molecule has 0 fully saturated rings. The molecular weight excluding hydrogens is 132 g/mol. The molecule has 0 aromatic rings. The highest BCUT2D eigenvalue weighted by Gasteiger charge is 2.16. The van der Waals surface area contributed by atoms with Gasteiger partial charge in [-0.15, -0.1) is 0 Å². The van der Waals surface area contributed by atoms with E-state index in [4.69, 9.17) is 0 Å². The van der Waals surface area contributed by atoms with Crippen LogP contribution >= 0.6 is 0 Å². The van der Waals surface area contributed by atoms with Crippen LogP contribution in [0.25, 0.3) is 0 Å². The normalized spacial score (nSPS) is 8.80. The maximum Gasteiger partial charge on any atom is 0.311 e. The highest BCUT2D eigenvalue weighted by atomic mass is 16.2. The Labute approximate surface area is 60.4 Å². The summed E-state index contributed by atoms with van der Waals surface area (Å²) in [5.74, 6) is -0.991. The number of hydrogen-bond donors (Lipinski definition) is 0. The van der Waals surface area contributed by atoms with E-state index in [1.165, 1.54) is 9.80 Å². The summed E-state index contributed by atoms with van der Waals surface area (Å²) in [6, 6.07) is 0. The lowest BCUT2D eigenvalue weighted by molar-refractivity contribution is -0.148. The molecule has 0 radical (unpaired) electrons. The van der Waals surface area contributed by atoms with Crippen molar-refractivity contribution in [1.82, 2.24) is 9.80 Å². The van der Waals surface area contributed by atoms with E-state index in [0.29, 0.717) is 0 Å². The van der Waals surface area contributed by atoms with Crippen LogP contribution in [0.15, 0.2) is 0 Å². The van der Waals surface area contributed by atoms with Crippen LogP contribution in [0.1, 0.15) is 0 Å². The number of carbonyl (C=O) groups is 2. The Morgan fingerprint density at radius 1 is 0.800 bits per heavy atom. The van der Waals surface area contributed by atoms with Crippen molar-refractivity contribution in [3.63, 3.8) is 0 Å². The van der Waals surface area contributed by atoms with Crippen LogP contribution in [0.3, 0.4) is 0 Å². The smallest absolute Gasteiger partial charge is 0.311 e. The molecule has 0 saturated carbocycles. The van der Waals surface area contributed by atoms with E-state index < -0.39 is 11.8 Å². The Morgan fingerprint density at radius 2 is 1.00 bits per heavy atom. The van der Waals surface area contributed by atoms with Crippen molar-refractivity contribution in [2.75, 3.05) is 28.2 Å². The number of nitrogens with zero attached hydrogens (tertiary/aromatic N) is 2. The molecule has 0 bridgehead atoms. The number of carbonyl (C=O) groups excluding carboxylic acids is 2. The van der Waals surface area contributed by atoms with Crippen molar-refractivity contribution in [1.29, 1.82) is 0 Å². The van der Waals surface area contributed by atoms with Gasteiger partial charge in [0.25, 0.3) is 0 Å². The van der Waals surface area contributed by atoms with Crippen molar-refractivity contribution < 1.29 is 9.59 Å². The van der Waals surface area contributed by atoms with Gasteiger partial charge in [-0.05, 0) is 0 Å². The molecule has 0 aliphatic heterocycles. The summed E-state index contributed by atoms with van der Waals surface area (Å²) in [5, 5.41) is 0. The van der Waals surface area contributed by atoms with Crippen LogP contribution in [0.2, 0.25) is 0 Å². The molecule has 0 aliphatic rings. The van der Waals surface area contributed by atoms with Gasteiger partial charge in [0.05, 0.1) is 0 Å². The van der Waals surface area contributed by atoms with Gasteiger partial charge >= 0.3 is 11.8 Å². The van der Waals surface area contributed by atoms with Crippen molar-refractivity contribution >= 4 is 11.8 Å². The molecule has 0 rings (SSSR count). The zero-order valence-electron chi connectivity index (χ0n) is 6.71. The number of likely N-dealkylation sites (N-methyl/N-ethyl adjacent to an activating group) is 2. The van der Waals surface area contributed by atoms with E-state index >= 15 is 0 Å². The first kappa shape index (κ1) is 8.94. The molecular formula is C6H12N2O2. The SMILES string of the molecule is CN(C)C(=O)C(=O)N(C)C. The molecule has 0 atom stereocenters. The van der Waals surface area contributed by atoms with Gasteiger partial charge < -0.3 is 9.80 Å². The van der Waals surface area contributed by atoms with Gasteiger partial charge in [0.1, 0.15) is 0 Å². The second kappa shape index (κ2) is 3.20. The topological polar surface area (TPSA) is 40.6 Å². The van der Waals surface area contributed by atoms with E-state index in [9.17, 15) is 9.59 Å². The summed E-state index contributed by atoms with van der Waals surface area (Å²) in [6.07, 6.45) is 0. The monoisotopic (exact) mass is 144 g/mol. The van der Waals surface area contributed by atoms with Crippen molar-refractivity contribution in [3.8, 4) is 0 Å². The Morgan fingerprint density at radius 3 is 1.10 bits per heavy atom. The summed E-state index contributed by atoms with van der Waals surface area (Å²) in [4.78, 5) is 24.1. The minimum atomic E-state index is -0.495. The van der Waals surface area contributed by atoms with E-state index in [-0.39, 0.29) is 0 Å². The van der Waals surface area contributed by atoms with Crippen LogP contribution in [0.5, 0.6) is 0 Å². The predicted molar refractivity (Wildman–Crippen MR) is 37.4 cm³/mol. The van der Waals surface area contributed by atoms with E-state index in [1.807, 2.05) is 0 Å². The molecule has 4 heteroatoms. The summed E-state index contributed by atoms with van der Waals surface area (Å²) < 4.78 is 0. The largest absolute Gasteiger partial charge is 0.341 e. The molecule has 0 saturated heterocycles. The summed E-state index contributed by atoms with van der Waals surface area (Å²) in [7, 11) is 6.18. The molecule has 10 heavy (non-hydrogen) atoms. The minimum absolute atomic E-state index is 0.495. The minimum Gasteiger partial charge on any atom is -0.341 e. The molecule has 0 aromatic heterocycles. The number of amides is 2. The zero-order valence-corrected chi connectivity index (χ0v) is 6.71. The Kier molecular flexibility index (Phi) is 2.86. The molecule has 0 N–H and O–H groups in total. The third-order valence-electron chi connectivity index (χ3n) is 0.995. The fourth-order valence-electron chi connectivity index (χ4n) is 0.383. The maximum atomic E-state index is 10.8. The van der Waals surface area contributed by atoms with Crippen LogP contribution in [-0.2, 0) is 9.59 Å². The summed E-state index contributed by atoms with van der Waals surface area (Å²) >= 11 is 0. The predicted octanol–water partition coefficient (Wildman–Crippen LogP) is -0.837. The van der Waals surface area contributed by atoms with Crippen LogP contribution in [-0.4, -0.2) is 49.8 Å². The highest BCUT2D eigenvalue weighted by Crippen LogP contribution is 1.84. The molecule has 0 unspecified atom stereocenters. The molecule has 2 amide bonds. The summed E-state index contributed by atoms with van der Waals surface area (Å²) in [6.45, 7) is 0. The Bertz CT molecular complexity index is 134. The Balaban J connectivity index is 4.10. The van der Waals surface area contributed by atoms with E-state index in [0.717, 1.165) is 0 Å². The third-order valence-corrected chi connectivity index (χ3v) is 0.995. The first-order chi connectivity index (χ1) is 4.46. The zero-order chi connectivity index (χ0) is 8.31. The van der Waals surface area contributed by atoms with E-state index in [1.54, 1.807) is 28.2 Å². The van der Waals surface area contributed by atoms with Gasteiger partial charge in [0.2, 0.25) is 0 Å². The molecule has 4 nitrogen and oxygen atoms in total. The average molecular weight is 144 g/mol. The van der Waals surface area contributed by atoms with Gasteiger partial charge in [-0.1, -0.05) is 0 Å².